The topological polar surface area (TPSA) is 27.1 Å². The van der Waals surface area contributed by atoms with E-state index >= 15 is 0 Å². The molecule has 0 atom stereocenters. The van der Waals surface area contributed by atoms with Crippen molar-refractivity contribution in [2.45, 2.75) is 13.3 Å². The van der Waals surface area contributed by atoms with Crippen molar-refractivity contribution in [1.82, 2.24) is 9.78 Å². The number of hydrogen-bond acceptors (Lipinski definition) is 2. The van der Waals surface area contributed by atoms with Gasteiger partial charge >= 0.3 is 0 Å². The minimum Gasteiger partial charge on any atom is -0.494 e. The second kappa shape index (κ2) is 5.40. The smallest absolute Gasteiger partial charge is 0.147 e. The minimum atomic E-state index is -0.525. The molecule has 3 aromatic rings. The predicted molar refractivity (Wildman–Crippen MR) is 82.0 cm³/mol. The fourth-order valence-corrected chi connectivity index (χ4v) is 2.65. The molecule has 3 nitrogen and oxygen atoms in total. The molecule has 5 heteroatoms. The third-order valence-corrected chi connectivity index (χ3v) is 3.74. The number of hydrogen-bond donors (Lipinski definition) is 0. The first-order valence-corrected chi connectivity index (χ1v) is 7.03. The highest BCUT2D eigenvalue weighted by Gasteiger charge is 2.14. The summed E-state index contributed by atoms with van der Waals surface area (Å²) in [7, 11) is 3.36. The molecule has 1 heterocycles. The van der Waals surface area contributed by atoms with Gasteiger partial charge in [-0.3, -0.25) is 4.68 Å². The van der Waals surface area contributed by atoms with Gasteiger partial charge < -0.3 is 4.74 Å². The Morgan fingerprint density at radius 2 is 1.73 bits per heavy atom. The molecule has 0 unspecified atom stereocenters. The van der Waals surface area contributed by atoms with Gasteiger partial charge in [-0.15, -0.1) is 0 Å². The third-order valence-electron chi connectivity index (χ3n) is 3.74. The van der Waals surface area contributed by atoms with E-state index in [1.165, 1.54) is 12.1 Å². The maximum atomic E-state index is 14.0. The van der Waals surface area contributed by atoms with Crippen molar-refractivity contribution in [3.8, 4) is 16.9 Å². The fraction of sp³-hybridized carbons (Fsp3) is 0.235. The monoisotopic (exact) mass is 302 g/mol. The summed E-state index contributed by atoms with van der Waals surface area (Å²) in [5.41, 5.74) is 2.01. The average Bonchev–Trinajstić information content (AvgIpc) is 2.85. The summed E-state index contributed by atoms with van der Waals surface area (Å²) >= 11 is 0. The quantitative estimate of drug-likeness (QED) is 0.728. The molecule has 0 aliphatic carbocycles. The summed E-state index contributed by atoms with van der Waals surface area (Å²) < 4.78 is 35.0. The number of halogens is 2. The van der Waals surface area contributed by atoms with Crippen molar-refractivity contribution in [1.29, 1.82) is 0 Å². The maximum Gasteiger partial charge on any atom is 0.147 e. The van der Waals surface area contributed by atoms with E-state index in [0.29, 0.717) is 23.3 Å². The molecule has 0 N–H and O–H groups in total. The molecule has 1 aromatic heterocycles. The Morgan fingerprint density at radius 1 is 1.09 bits per heavy atom. The Hall–Kier alpha value is -2.43. The van der Waals surface area contributed by atoms with Crippen LogP contribution >= 0.6 is 0 Å². The van der Waals surface area contributed by atoms with E-state index in [-0.39, 0.29) is 5.56 Å². The number of ether oxygens (including phenoxy) is 1. The summed E-state index contributed by atoms with van der Waals surface area (Å²) in [4.78, 5) is 0. The summed E-state index contributed by atoms with van der Waals surface area (Å²) in [6, 6.07) is 6.32. The lowest BCUT2D eigenvalue weighted by molar-refractivity contribution is 0.418. The van der Waals surface area contributed by atoms with E-state index in [1.807, 2.05) is 19.3 Å². The summed E-state index contributed by atoms with van der Waals surface area (Å²) in [6.45, 7) is 1.73. The van der Waals surface area contributed by atoms with E-state index in [0.717, 1.165) is 10.9 Å². The highest BCUT2D eigenvalue weighted by Crippen LogP contribution is 2.33. The molecular weight excluding hydrogens is 286 g/mol. The van der Waals surface area contributed by atoms with Gasteiger partial charge in [0.05, 0.1) is 7.11 Å². The molecule has 0 spiro atoms. The summed E-state index contributed by atoms with van der Waals surface area (Å²) in [5.74, 6) is -0.473. The van der Waals surface area contributed by atoms with Gasteiger partial charge in [0.1, 0.15) is 22.9 Å². The van der Waals surface area contributed by atoms with Gasteiger partial charge in [0.2, 0.25) is 0 Å². The molecule has 114 valence electrons. The van der Waals surface area contributed by atoms with E-state index in [2.05, 4.69) is 5.10 Å². The molecule has 3 rings (SSSR count). The molecular formula is C17H16F2N2O. The number of methoxy groups -OCH3 is 1. The SMILES string of the molecule is CCc1c(F)cc(-c2cc(OC)c3nn(C)cc3c2)cc1F. The number of aryl methyl sites for hydroxylation is 1. The number of fused-ring (bicyclic) bond motifs is 1. The van der Waals surface area contributed by atoms with Gasteiger partial charge in [-0.1, -0.05) is 6.92 Å². The lowest BCUT2D eigenvalue weighted by Crippen LogP contribution is -1.95. The second-order valence-electron chi connectivity index (χ2n) is 5.19. The lowest BCUT2D eigenvalue weighted by atomic mass is 10.0. The molecule has 0 fully saturated rings. The average molecular weight is 302 g/mol. The zero-order valence-corrected chi connectivity index (χ0v) is 12.7. The Bertz CT molecular complexity index is 832. The molecule has 0 radical (unpaired) electrons. The van der Waals surface area contributed by atoms with Crippen LogP contribution in [0.15, 0.2) is 30.5 Å². The van der Waals surface area contributed by atoms with E-state index in [1.54, 1.807) is 24.8 Å². The van der Waals surface area contributed by atoms with Crippen molar-refractivity contribution < 1.29 is 13.5 Å². The van der Waals surface area contributed by atoms with Crippen LogP contribution < -0.4 is 4.74 Å². The van der Waals surface area contributed by atoms with E-state index < -0.39 is 11.6 Å². The Balaban J connectivity index is 2.22. The van der Waals surface area contributed by atoms with Gasteiger partial charge in [-0.05, 0) is 41.8 Å². The van der Waals surface area contributed by atoms with Crippen LogP contribution in [-0.4, -0.2) is 16.9 Å². The first-order valence-electron chi connectivity index (χ1n) is 7.03. The van der Waals surface area contributed by atoms with Crippen molar-refractivity contribution in [2.75, 3.05) is 7.11 Å². The molecule has 0 aliphatic heterocycles. The first-order chi connectivity index (χ1) is 10.5. The molecule has 0 bridgehead atoms. The molecule has 0 saturated carbocycles. The molecule has 0 aliphatic rings. The predicted octanol–water partition coefficient (Wildman–Crippen LogP) is 4.09. The van der Waals surface area contributed by atoms with Gasteiger partial charge in [-0.25, -0.2) is 8.78 Å². The summed E-state index contributed by atoms with van der Waals surface area (Å²) in [5, 5.41) is 5.18. The van der Waals surface area contributed by atoms with Gasteiger partial charge in [0.25, 0.3) is 0 Å². The van der Waals surface area contributed by atoms with Crippen LogP contribution in [0.4, 0.5) is 8.78 Å². The van der Waals surface area contributed by atoms with Crippen LogP contribution in [0, 0.1) is 11.6 Å². The van der Waals surface area contributed by atoms with Crippen LogP contribution in [0.2, 0.25) is 0 Å². The highest BCUT2D eigenvalue weighted by molar-refractivity contribution is 5.89. The molecule has 0 amide bonds. The molecule has 0 saturated heterocycles. The zero-order valence-electron chi connectivity index (χ0n) is 12.7. The number of aromatic nitrogens is 2. The van der Waals surface area contributed by atoms with Crippen LogP contribution in [0.5, 0.6) is 5.75 Å². The van der Waals surface area contributed by atoms with Gasteiger partial charge in [-0.2, -0.15) is 5.10 Å². The first kappa shape index (κ1) is 14.5. The second-order valence-corrected chi connectivity index (χ2v) is 5.19. The van der Waals surface area contributed by atoms with E-state index in [9.17, 15) is 8.78 Å². The van der Waals surface area contributed by atoms with Crippen molar-refractivity contribution >= 4 is 10.9 Å². The Morgan fingerprint density at radius 3 is 2.32 bits per heavy atom. The lowest BCUT2D eigenvalue weighted by Gasteiger charge is -2.09. The highest BCUT2D eigenvalue weighted by atomic mass is 19.1. The van der Waals surface area contributed by atoms with Gasteiger partial charge in [0.15, 0.2) is 0 Å². The Kier molecular flexibility index (Phi) is 3.56. The van der Waals surface area contributed by atoms with E-state index in [4.69, 9.17) is 4.74 Å². The largest absolute Gasteiger partial charge is 0.494 e. The number of nitrogens with zero attached hydrogens (tertiary/aromatic N) is 2. The molecule has 2 aromatic carbocycles. The normalized spacial score (nSPS) is 11.1. The number of benzene rings is 2. The van der Waals surface area contributed by atoms with Crippen LogP contribution in [-0.2, 0) is 13.5 Å². The standard InChI is InChI=1S/C17H16F2N2O/c1-4-13-14(18)6-11(7-15(13)19)10-5-12-9-21(2)20-17(12)16(8-10)22-3/h5-9H,4H2,1-3H3. The van der Waals surface area contributed by atoms with Crippen molar-refractivity contribution in [3.05, 3.63) is 47.7 Å². The number of rotatable bonds is 3. The third kappa shape index (κ3) is 2.32. The van der Waals surface area contributed by atoms with Crippen LogP contribution in [0.1, 0.15) is 12.5 Å². The fourth-order valence-electron chi connectivity index (χ4n) is 2.65. The zero-order chi connectivity index (χ0) is 15.9. The molecule has 22 heavy (non-hydrogen) atoms. The maximum absolute atomic E-state index is 14.0. The van der Waals surface area contributed by atoms with Crippen LogP contribution in [0.25, 0.3) is 22.0 Å². The van der Waals surface area contributed by atoms with Crippen molar-refractivity contribution in [2.24, 2.45) is 7.05 Å². The summed E-state index contributed by atoms with van der Waals surface area (Å²) in [6.07, 6.45) is 2.16. The van der Waals surface area contributed by atoms with Crippen LogP contribution in [0.3, 0.4) is 0 Å². The van der Waals surface area contributed by atoms with Gasteiger partial charge in [0, 0.05) is 24.2 Å². The minimum absolute atomic E-state index is 0.109. The Labute approximate surface area is 127 Å². The van der Waals surface area contributed by atoms with Crippen molar-refractivity contribution in [3.63, 3.8) is 0 Å².